The molecule has 2 aliphatic rings. The molecular weight excluding hydrogens is 308 g/mol. The van der Waals surface area contributed by atoms with Crippen molar-refractivity contribution in [2.24, 2.45) is 5.92 Å². The molecule has 1 aliphatic heterocycles. The number of fused-ring (bicyclic) bond motifs is 1. The Hall–Kier alpha value is -1.80. The zero-order chi connectivity index (χ0) is 17.2. The first-order valence-corrected chi connectivity index (χ1v) is 9.65. The molecule has 132 valence electrons. The second kappa shape index (κ2) is 7.21. The van der Waals surface area contributed by atoms with Crippen molar-refractivity contribution in [1.29, 1.82) is 0 Å². The number of rotatable bonds is 4. The molecule has 0 N–H and O–H groups in total. The second-order valence-corrected chi connectivity index (χ2v) is 7.60. The van der Waals surface area contributed by atoms with Gasteiger partial charge in [0.05, 0.1) is 6.61 Å². The van der Waals surface area contributed by atoms with Gasteiger partial charge < -0.3 is 9.47 Å². The van der Waals surface area contributed by atoms with Gasteiger partial charge in [-0.2, -0.15) is 0 Å². The van der Waals surface area contributed by atoms with Gasteiger partial charge in [-0.25, -0.2) is 0 Å². The summed E-state index contributed by atoms with van der Waals surface area (Å²) in [7, 11) is 0. The van der Waals surface area contributed by atoms with E-state index in [4.69, 9.17) is 9.47 Å². The summed E-state index contributed by atoms with van der Waals surface area (Å²) < 4.78 is 11.6. The molecule has 0 amide bonds. The fourth-order valence-corrected chi connectivity index (χ4v) is 4.41. The molecule has 2 aromatic rings. The number of hydrogen-bond donors (Lipinski definition) is 0. The van der Waals surface area contributed by atoms with Crippen LogP contribution in [0.4, 0.5) is 0 Å². The van der Waals surface area contributed by atoms with E-state index in [1.807, 2.05) is 0 Å². The Bertz CT molecular complexity index is 734. The Labute approximate surface area is 151 Å². The topological polar surface area (TPSA) is 18.5 Å². The van der Waals surface area contributed by atoms with Gasteiger partial charge in [0.15, 0.2) is 0 Å². The predicted octanol–water partition coefficient (Wildman–Crippen LogP) is 5.26. The minimum absolute atomic E-state index is 0.631. The monoisotopic (exact) mass is 336 g/mol. The predicted molar refractivity (Wildman–Crippen MR) is 102 cm³/mol. The lowest BCUT2D eigenvalue weighted by Crippen LogP contribution is -2.21. The minimum Gasteiger partial charge on any atom is -0.493 e. The van der Waals surface area contributed by atoms with Crippen molar-refractivity contribution in [3.63, 3.8) is 0 Å². The maximum Gasteiger partial charge on any atom is 0.119 e. The lowest BCUT2D eigenvalue weighted by Gasteiger charge is -2.23. The minimum atomic E-state index is 0.631. The molecule has 1 aliphatic carbocycles. The molecular formula is C23H28O2. The highest BCUT2D eigenvalue weighted by molar-refractivity contribution is 5.76. The summed E-state index contributed by atoms with van der Waals surface area (Å²) in [5, 5.41) is 0. The van der Waals surface area contributed by atoms with Crippen LogP contribution in [-0.4, -0.2) is 19.8 Å². The van der Waals surface area contributed by atoms with Crippen LogP contribution in [0.2, 0.25) is 0 Å². The van der Waals surface area contributed by atoms with Crippen LogP contribution in [0.25, 0.3) is 11.1 Å². The van der Waals surface area contributed by atoms with Gasteiger partial charge in [0.25, 0.3) is 0 Å². The van der Waals surface area contributed by atoms with E-state index in [2.05, 4.69) is 44.2 Å². The number of benzene rings is 2. The zero-order valence-corrected chi connectivity index (χ0v) is 15.4. The summed E-state index contributed by atoms with van der Waals surface area (Å²) in [6.07, 6.45) is 5.97. The van der Waals surface area contributed by atoms with Crippen molar-refractivity contribution in [2.75, 3.05) is 19.8 Å². The summed E-state index contributed by atoms with van der Waals surface area (Å²) >= 11 is 0. The molecule has 2 aromatic carbocycles. The third kappa shape index (κ3) is 3.46. The van der Waals surface area contributed by atoms with Gasteiger partial charge in [-0.15, -0.1) is 0 Å². The number of aryl methyl sites for hydroxylation is 3. The van der Waals surface area contributed by atoms with E-state index < -0.39 is 0 Å². The average Bonchev–Trinajstić information content (AvgIpc) is 3.10. The second-order valence-electron chi connectivity index (χ2n) is 7.60. The SMILES string of the molecule is Cc1cc(OCC2CCOCC2)cc(C)c1-c1cccc2c1CCC2. The Morgan fingerprint density at radius 1 is 1.04 bits per heavy atom. The summed E-state index contributed by atoms with van der Waals surface area (Å²) in [5.41, 5.74) is 8.57. The maximum atomic E-state index is 6.14. The maximum absolute atomic E-state index is 6.14. The highest BCUT2D eigenvalue weighted by Gasteiger charge is 2.19. The standard InChI is InChI=1S/C23H28O2/c1-16-13-20(25-15-18-9-11-24-12-10-18)14-17(2)23(16)22-8-4-6-19-5-3-7-21(19)22/h4,6,8,13-14,18H,3,5,7,9-12,15H2,1-2H3. The Morgan fingerprint density at radius 2 is 1.80 bits per heavy atom. The molecule has 0 bridgehead atoms. The third-order valence-corrected chi connectivity index (χ3v) is 5.75. The van der Waals surface area contributed by atoms with Gasteiger partial charge in [-0.1, -0.05) is 18.2 Å². The highest BCUT2D eigenvalue weighted by Crippen LogP contribution is 2.37. The molecule has 1 heterocycles. The molecule has 1 saturated heterocycles. The van der Waals surface area contributed by atoms with Crippen molar-refractivity contribution in [3.8, 4) is 16.9 Å². The van der Waals surface area contributed by atoms with Crippen LogP contribution in [0.5, 0.6) is 5.75 Å². The molecule has 2 heteroatoms. The van der Waals surface area contributed by atoms with Gasteiger partial charge in [-0.3, -0.25) is 0 Å². The molecule has 0 atom stereocenters. The van der Waals surface area contributed by atoms with E-state index in [0.29, 0.717) is 5.92 Å². The van der Waals surface area contributed by atoms with Gasteiger partial charge in [0.2, 0.25) is 0 Å². The molecule has 4 rings (SSSR count). The van der Waals surface area contributed by atoms with E-state index in [9.17, 15) is 0 Å². The smallest absolute Gasteiger partial charge is 0.119 e. The van der Waals surface area contributed by atoms with Crippen molar-refractivity contribution in [3.05, 3.63) is 52.6 Å². The first-order chi connectivity index (χ1) is 12.2. The third-order valence-electron chi connectivity index (χ3n) is 5.75. The van der Waals surface area contributed by atoms with Crippen LogP contribution in [-0.2, 0) is 17.6 Å². The van der Waals surface area contributed by atoms with Crippen LogP contribution < -0.4 is 4.74 Å². The normalized spacial score (nSPS) is 17.5. The quantitative estimate of drug-likeness (QED) is 0.758. The van der Waals surface area contributed by atoms with Crippen molar-refractivity contribution >= 4 is 0 Å². The van der Waals surface area contributed by atoms with E-state index >= 15 is 0 Å². The van der Waals surface area contributed by atoms with Crippen LogP contribution >= 0.6 is 0 Å². The molecule has 0 unspecified atom stereocenters. The van der Waals surface area contributed by atoms with Crippen LogP contribution in [0.1, 0.15) is 41.5 Å². The summed E-state index contributed by atoms with van der Waals surface area (Å²) in [5.74, 6) is 1.64. The lowest BCUT2D eigenvalue weighted by atomic mass is 9.90. The van der Waals surface area contributed by atoms with Crippen LogP contribution in [0.15, 0.2) is 30.3 Å². The average molecular weight is 336 g/mol. The first-order valence-electron chi connectivity index (χ1n) is 9.65. The first kappa shape index (κ1) is 16.7. The summed E-state index contributed by atoms with van der Waals surface area (Å²) in [4.78, 5) is 0. The Balaban J connectivity index is 1.57. The van der Waals surface area contributed by atoms with Crippen molar-refractivity contribution in [1.82, 2.24) is 0 Å². The molecule has 0 saturated carbocycles. The van der Waals surface area contributed by atoms with Gasteiger partial charge >= 0.3 is 0 Å². The Kier molecular flexibility index (Phi) is 4.80. The van der Waals surface area contributed by atoms with E-state index in [1.165, 1.54) is 47.1 Å². The highest BCUT2D eigenvalue weighted by atomic mass is 16.5. The molecule has 0 aromatic heterocycles. The van der Waals surface area contributed by atoms with E-state index in [0.717, 1.165) is 38.4 Å². The molecule has 0 radical (unpaired) electrons. The van der Waals surface area contributed by atoms with E-state index in [1.54, 1.807) is 5.56 Å². The molecule has 2 nitrogen and oxygen atoms in total. The van der Waals surface area contributed by atoms with E-state index in [-0.39, 0.29) is 0 Å². The van der Waals surface area contributed by atoms with Gasteiger partial charge in [-0.05, 0) is 97.4 Å². The summed E-state index contributed by atoms with van der Waals surface area (Å²) in [6.45, 7) is 7.01. The van der Waals surface area contributed by atoms with Crippen LogP contribution in [0, 0.1) is 19.8 Å². The number of ether oxygens (including phenoxy) is 2. The molecule has 1 fully saturated rings. The van der Waals surface area contributed by atoms with Crippen molar-refractivity contribution < 1.29 is 9.47 Å². The van der Waals surface area contributed by atoms with Gasteiger partial charge in [0, 0.05) is 13.2 Å². The van der Waals surface area contributed by atoms with Gasteiger partial charge in [0.1, 0.15) is 5.75 Å². The lowest BCUT2D eigenvalue weighted by molar-refractivity contribution is 0.0497. The Morgan fingerprint density at radius 3 is 2.56 bits per heavy atom. The number of hydrogen-bond acceptors (Lipinski definition) is 2. The molecule has 25 heavy (non-hydrogen) atoms. The zero-order valence-electron chi connectivity index (χ0n) is 15.4. The van der Waals surface area contributed by atoms with Crippen LogP contribution in [0.3, 0.4) is 0 Å². The van der Waals surface area contributed by atoms with Crippen molar-refractivity contribution in [2.45, 2.75) is 46.0 Å². The molecule has 0 spiro atoms. The largest absolute Gasteiger partial charge is 0.493 e. The fraction of sp³-hybridized carbons (Fsp3) is 0.478. The fourth-order valence-electron chi connectivity index (χ4n) is 4.41. The summed E-state index contributed by atoms with van der Waals surface area (Å²) in [6, 6.07) is 11.2.